The molecule has 0 spiro atoms. The molecule has 2 heterocycles. The van der Waals surface area contributed by atoms with Gasteiger partial charge in [-0.1, -0.05) is 0 Å². The van der Waals surface area contributed by atoms with Crippen LogP contribution in [0.3, 0.4) is 0 Å². The predicted molar refractivity (Wildman–Crippen MR) is 123 cm³/mol. The average molecular weight is 439 g/mol. The Morgan fingerprint density at radius 3 is 2.52 bits per heavy atom. The third-order valence-electron chi connectivity index (χ3n) is 5.32. The first kappa shape index (κ1) is 21.1. The molecule has 7 nitrogen and oxygen atoms in total. The molecule has 0 fully saturated rings. The van der Waals surface area contributed by atoms with Crippen molar-refractivity contribution < 1.29 is 14.3 Å². The zero-order chi connectivity index (χ0) is 21.8. The molecule has 1 aliphatic rings. The third kappa shape index (κ3) is 4.64. The van der Waals surface area contributed by atoms with E-state index in [1.54, 1.807) is 26.0 Å². The number of hydrogen-bond donors (Lipinski definition) is 1. The summed E-state index contributed by atoms with van der Waals surface area (Å²) in [5, 5.41) is 7.77. The summed E-state index contributed by atoms with van der Waals surface area (Å²) >= 11 is 1.68. The second-order valence-corrected chi connectivity index (χ2v) is 8.13. The van der Waals surface area contributed by atoms with Crippen molar-refractivity contribution in [1.82, 2.24) is 14.7 Å². The molecule has 0 unspecified atom stereocenters. The predicted octanol–water partition coefficient (Wildman–Crippen LogP) is 4.73. The molecule has 0 saturated heterocycles. The zero-order valence-corrected chi connectivity index (χ0v) is 18.7. The maximum Gasteiger partial charge on any atom is 0.322 e. The number of aryl methyl sites for hydroxylation is 1. The molecule has 0 saturated carbocycles. The van der Waals surface area contributed by atoms with Gasteiger partial charge in [0.25, 0.3) is 0 Å². The molecule has 31 heavy (non-hydrogen) atoms. The number of rotatable bonds is 5. The lowest BCUT2D eigenvalue weighted by atomic mass is 10.1. The Labute approximate surface area is 186 Å². The first-order valence-corrected chi connectivity index (χ1v) is 11.3. The van der Waals surface area contributed by atoms with Gasteiger partial charge in [0.2, 0.25) is 0 Å². The van der Waals surface area contributed by atoms with E-state index < -0.39 is 0 Å². The minimum absolute atomic E-state index is 0.0979. The molecule has 2 amide bonds. The monoisotopic (exact) mass is 438 g/mol. The fourth-order valence-corrected chi connectivity index (χ4v) is 4.06. The summed E-state index contributed by atoms with van der Waals surface area (Å²) in [5.74, 6) is 1.34. The number of urea groups is 1. The normalized spacial score (nSPS) is 13.3. The van der Waals surface area contributed by atoms with Crippen molar-refractivity contribution in [3.8, 4) is 22.8 Å². The Kier molecular flexibility index (Phi) is 6.36. The highest BCUT2D eigenvalue weighted by Crippen LogP contribution is 2.32. The van der Waals surface area contributed by atoms with E-state index in [-0.39, 0.29) is 6.03 Å². The smallest absolute Gasteiger partial charge is 0.322 e. The molecular weight excluding hydrogens is 412 g/mol. The summed E-state index contributed by atoms with van der Waals surface area (Å²) in [5.41, 5.74) is 3.61. The number of methoxy groups -OCH3 is 2. The number of thioether (sulfide) groups is 1. The number of aromatic nitrogens is 2. The summed E-state index contributed by atoms with van der Waals surface area (Å²) in [4.78, 5) is 15.9. The Morgan fingerprint density at radius 2 is 1.81 bits per heavy atom. The number of carbonyl (C=O) groups is 1. The van der Waals surface area contributed by atoms with Gasteiger partial charge in [-0.3, -0.25) is 4.68 Å². The summed E-state index contributed by atoms with van der Waals surface area (Å²) in [6, 6.07) is 15.6. The van der Waals surface area contributed by atoms with Crippen LogP contribution < -0.4 is 14.8 Å². The third-order valence-corrected chi connectivity index (χ3v) is 6.07. The van der Waals surface area contributed by atoms with Gasteiger partial charge in [-0.15, -0.1) is 11.8 Å². The van der Waals surface area contributed by atoms with Gasteiger partial charge >= 0.3 is 6.03 Å². The van der Waals surface area contributed by atoms with Crippen molar-refractivity contribution in [2.24, 2.45) is 0 Å². The highest BCUT2D eigenvalue weighted by molar-refractivity contribution is 7.98. The minimum Gasteiger partial charge on any atom is -0.493 e. The van der Waals surface area contributed by atoms with Crippen molar-refractivity contribution in [1.29, 1.82) is 0 Å². The van der Waals surface area contributed by atoms with Gasteiger partial charge in [-0.2, -0.15) is 5.10 Å². The number of nitrogens with one attached hydrogen (secondary N) is 1. The van der Waals surface area contributed by atoms with Gasteiger partial charge in [-0.05, 0) is 61.2 Å². The first-order valence-electron chi connectivity index (χ1n) is 10.1. The molecule has 0 radical (unpaired) electrons. The number of benzene rings is 2. The van der Waals surface area contributed by atoms with Crippen LogP contribution in [0.15, 0.2) is 53.4 Å². The van der Waals surface area contributed by atoms with E-state index in [1.807, 2.05) is 64.4 Å². The van der Waals surface area contributed by atoms with Crippen molar-refractivity contribution >= 4 is 23.5 Å². The van der Waals surface area contributed by atoms with E-state index in [0.717, 1.165) is 35.6 Å². The molecule has 162 valence electrons. The van der Waals surface area contributed by atoms with Gasteiger partial charge in [-0.25, -0.2) is 4.79 Å². The number of nitrogens with zero attached hydrogens (tertiary/aromatic N) is 3. The molecule has 2 aromatic carbocycles. The highest BCUT2D eigenvalue weighted by Gasteiger charge is 2.21. The molecule has 0 bridgehead atoms. The molecule has 4 rings (SSSR count). The van der Waals surface area contributed by atoms with Gasteiger partial charge in [0, 0.05) is 29.2 Å². The Bertz CT molecular complexity index is 1070. The largest absolute Gasteiger partial charge is 0.493 e. The quantitative estimate of drug-likeness (QED) is 0.584. The Balaban J connectivity index is 1.51. The second-order valence-electron chi connectivity index (χ2n) is 7.25. The standard InChI is InChI=1S/C23H26N4O3S/c1-29-21-10-5-16(13-22(21)30-2)20-14-18-15-26(11-4-12-27(18)25-20)23(28)24-17-6-8-19(31-3)9-7-17/h5-10,13-14H,4,11-12,15H2,1-3H3,(H,24,28). The van der Waals surface area contributed by atoms with Crippen LogP contribution in [0.4, 0.5) is 10.5 Å². The topological polar surface area (TPSA) is 68.6 Å². The van der Waals surface area contributed by atoms with Crippen molar-refractivity contribution in [2.75, 3.05) is 32.3 Å². The van der Waals surface area contributed by atoms with Crippen LogP contribution in [-0.2, 0) is 13.1 Å². The second kappa shape index (κ2) is 9.34. The molecule has 3 aromatic rings. The summed E-state index contributed by atoms with van der Waals surface area (Å²) < 4.78 is 12.7. The number of anilines is 1. The fourth-order valence-electron chi connectivity index (χ4n) is 3.65. The van der Waals surface area contributed by atoms with Crippen LogP contribution in [0.5, 0.6) is 11.5 Å². The van der Waals surface area contributed by atoms with E-state index in [9.17, 15) is 4.79 Å². The highest BCUT2D eigenvalue weighted by atomic mass is 32.2. The lowest BCUT2D eigenvalue weighted by molar-refractivity contribution is 0.210. The van der Waals surface area contributed by atoms with Gasteiger partial charge in [0.15, 0.2) is 11.5 Å². The van der Waals surface area contributed by atoms with Crippen LogP contribution in [-0.4, -0.2) is 47.7 Å². The minimum atomic E-state index is -0.0979. The molecular formula is C23H26N4O3S. The van der Waals surface area contributed by atoms with Crippen LogP contribution in [0, 0.1) is 0 Å². The summed E-state index contributed by atoms with van der Waals surface area (Å²) in [6.45, 7) is 1.97. The van der Waals surface area contributed by atoms with Crippen LogP contribution in [0.25, 0.3) is 11.3 Å². The maximum absolute atomic E-state index is 12.9. The van der Waals surface area contributed by atoms with E-state index in [4.69, 9.17) is 14.6 Å². The van der Waals surface area contributed by atoms with Crippen LogP contribution in [0.1, 0.15) is 12.1 Å². The molecule has 0 aliphatic carbocycles. The van der Waals surface area contributed by atoms with E-state index in [0.29, 0.717) is 24.6 Å². The number of carbonyl (C=O) groups excluding carboxylic acids is 1. The van der Waals surface area contributed by atoms with Crippen molar-refractivity contribution in [3.05, 3.63) is 54.2 Å². The number of amides is 2. The summed E-state index contributed by atoms with van der Waals surface area (Å²) in [7, 11) is 3.24. The lowest BCUT2D eigenvalue weighted by Gasteiger charge is -2.20. The maximum atomic E-state index is 12.9. The molecule has 1 aromatic heterocycles. The van der Waals surface area contributed by atoms with Gasteiger partial charge in [0.1, 0.15) is 0 Å². The Morgan fingerprint density at radius 1 is 1.03 bits per heavy atom. The van der Waals surface area contributed by atoms with Crippen LogP contribution in [0.2, 0.25) is 0 Å². The number of ether oxygens (including phenoxy) is 2. The lowest BCUT2D eigenvalue weighted by Crippen LogP contribution is -2.34. The van der Waals surface area contributed by atoms with E-state index in [1.165, 1.54) is 4.90 Å². The van der Waals surface area contributed by atoms with Gasteiger partial charge in [0.05, 0.1) is 32.2 Å². The van der Waals surface area contributed by atoms with Crippen molar-refractivity contribution in [2.45, 2.75) is 24.4 Å². The first-order chi connectivity index (χ1) is 15.1. The average Bonchev–Trinajstić information content (AvgIpc) is 3.10. The number of fused-ring (bicyclic) bond motifs is 1. The van der Waals surface area contributed by atoms with Crippen molar-refractivity contribution in [3.63, 3.8) is 0 Å². The van der Waals surface area contributed by atoms with Gasteiger partial charge < -0.3 is 19.7 Å². The van der Waals surface area contributed by atoms with E-state index in [2.05, 4.69) is 5.32 Å². The molecule has 1 aliphatic heterocycles. The molecule has 1 N–H and O–H groups in total. The SMILES string of the molecule is COc1ccc(-c2cc3n(n2)CCCN(C(=O)Nc2ccc(SC)cc2)C3)cc1OC. The number of hydrogen-bond acceptors (Lipinski definition) is 5. The van der Waals surface area contributed by atoms with Crippen LogP contribution >= 0.6 is 11.8 Å². The molecule has 0 atom stereocenters. The zero-order valence-electron chi connectivity index (χ0n) is 17.9. The Hall–Kier alpha value is -3.13. The molecule has 8 heteroatoms. The fraction of sp³-hybridized carbons (Fsp3) is 0.304. The summed E-state index contributed by atoms with van der Waals surface area (Å²) in [6.07, 6.45) is 2.88. The van der Waals surface area contributed by atoms with E-state index >= 15 is 0 Å².